The van der Waals surface area contributed by atoms with Crippen LogP contribution in [-0.4, -0.2) is 49.1 Å². The van der Waals surface area contributed by atoms with Crippen LogP contribution in [-0.2, 0) is 4.79 Å². The average molecular weight is 253 g/mol. The highest BCUT2D eigenvalue weighted by atomic mass is 16.2. The number of likely N-dealkylation sites (tertiary alicyclic amines) is 1. The molecule has 2 N–H and O–H groups in total. The number of carbonyl (C=O) groups excluding carboxylic acids is 1. The molecule has 104 valence electrons. The van der Waals surface area contributed by atoms with Gasteiger partial charge >= 0.3 is 0 Å². The smallest absolute Gasteiger partial charge is 0.237 e. The van der Waals surface area contributed by atoms with Crippen LogP contribution < -0.4 is 10.6 Å². The molecule has 18 heavy (non-hydrogen) atoms. The van der Waals surface area contributed by atoms with Gasteiger partial charge in [0.05, 0.1) is 6.04 Å². The summed E-state index contributed by atoms with van der Waals surface area (Å²) in [5.74, 6) is 0.195. The van der Waals surface area contributed by atoms with Crippen molar-refractivity contribution in [1.82, 2.24) is 15.5 Å². The summed E-state index contributed by atoms with van der Waals surface area (Å²) < 4.78 is 0. The van der Waals surface area contributed by atoms with Crippen LogP contribution in [0.4, 0.5) is 0 Å². The molecule has 3 unspecified atom stereocenters. The molecule has 2 aliphatic rings. The van der Waals surface area contributed by atoms with Gasteiger partial charge in [-0.1, -0.05) is 6.42 Å². The summed E-state index contributed by atoms with van der Waals surface area (Å²) in [6.07, 6.45) is 7.14. The summed E-state index contributed by atoms with van der Waals surface area (Å²) >= 11 is 0. The second-order valence-corrected chi connectivity index (χ2v) is 5.93. The van der Waals surface area contributed by atoms with Crippen molar-refractivity contribution in [2.24, 2.45) is 0 Å². The quantitative estimate of drug-likeness (QED) is 0.792. The van der Waals surface area contributed by atoms with Crippen molar-refractivity contribution in [2.75, 3.05) is 20.1 Å². The first-order valence-electron chi connectivity index (χ1n) is 7.41. The maximum atomic E-state index is 12.1. The Morgan fingerprint density at radius 3 is 2.83 bits per heavy atom. The molecule has 2 saturated heterocycles. The van der Waals surface area contributed by atoms with E-state index in [1.165, 1.54) is 32.2 Å². The van der Waals surface area contributed by atoms with Gasteiger partial charge < -0.3 is 15.5 Å². The summed E-state index contributed by atoms with van der Waals surface area (Å²) in [5.41, 5.74) is 0. The van der Waals surface area contributed by atoms with Gasteiger partial charge in [-0.2, -0.15) is 0 Å². The van der Waals surface area contributed by atoms with Crippen molar-refractivity contribution in [3.63, 3.8) is 0 Å². The van der Waals surface area contributed by atoms with E-state index in [1.807, 2.05) is 0 Å². The molecule has 2 aliphatic heterocycles. The van der Waals surface area contributed by atoms with Gasteiger partial charge in [-0.3, -0.25) is 4.79 Å². The van der Waals surface area contributed by atoms with E-state index in [4.69, 9.17) is 0 Å². The van der Waals surface area contributed by atoms with Gasteiger partial charge in [-0.25, -0.2) is 0 Å². The Labute approximate surface area is 110 Å². The minimum absolute atomic E-state index is 0.0302. The van der Waals surface area contributed by atoms with Crippen molar-refractivity contribution in [2.45, 2.75) is 63.6 Å². The Hall–Kier alpha value is -0.610. The largest absolute Gasteiger partial charge is 0.353 e. The van der Waals surface area contributed by atoms with E-state index in [9.17, 15) is 4.79 Å². The normalized spacial score (nSPS) is 34.2. The highest BCUT2D eigenvalue weighted by Gasteiger charge is 2.25. The zero-order valence-electron chi connectivity index (χ0n) is 11.7. The molecule has 0 aromatic rings. The summed E-state index contributed by atoms with van der Waals surface area (Å²) in [6.45, 7) is 4.13. The van der Waals surface area contributed by atoms with E-state index >= 15 is 0 Å². The van der Waals surface area contributed by atoms with Crippen LogP contribution in [0.2, 0.25) is 0 Å². The number of nitrogens with one attached hydrogen (secondary N) is 2. The number of nitrogens with zero attached hydrogens (tertiary/aromatic N) is 1. The minimum atomic E-state index is 0.0302. The molecule has 0 radical (unpaired) electrons. The summed E-state index contributed by atoms with van der Waals surface area (Å²) in [6, 6.07) is 1.04. The van der Waals surface area contributed by atoms with E-state index in [2.05, 4.69) is 29.5 Å². The molecular weight excluding hydrogens is 226 g/mol. The molecule has 0 bridgehead atoms. The van der Waals surface area contributed by atoms with Crippen molar-refractivity contribution < 1.29 is 4.79 Å². The highest BCUT2D eigenvalue weighted by Crippen LogP contribution is 2.15. The van der Waals surface area contributed by atoms with Gasteiger partial charge in [-0.05, 0) is 52.6 Å². The standard InChI is InChI=1S/C14H27N3O/c1-11-6-5-8-13(16-11)14(18)15-10-12-7-3-4-9-17(12)2/h11-13,16H,3-10H2,1-2H3,(H,15,18). The second kappa shape index (κ2) is 6.53. The van der Waals surface area contributed by atoms with Crippen molar-refractivity contribution in [1.29, 1.82) is 0 Å². The van der Waals surface area contributed by atoms with Crippen molar-refractivity contribution >= 4 is 5.91 Å². The number of hydrogen-bond acceptors (Lipinski definition) is 3. The van der Waals surface area contributed by atoms with E-state index in [0.717, 1.165) is 19.4 Å². The third-order valence-electron chi connectivity index (χ3n) is 4.37. The monoisotopic (exact) mass is 253 g/mol. The molecule has 2 fully saturated rings. The van der Waals surface area contributed by atoms with Crippen LogP contribution in [0, 0.1) is 0 Å². The lowest BCUT2D eigenvalue weighted by Crippen LogP contribution is -2.52. The number of carbonyl (C=O) groups is 1. The maximum Gasteiger partial charge on any atom is 0.237 e. The Morgan fingerprint density at radius 2 is 2.11 bits per heavy atom. The number of amides is 1. The lowest BCUT2D eigenvalue weighted by molar-refractivity contribution is -0.124. The van der Waals surface area contributed by atoms with Crippen LogP contribution in [0.1, 0.15) is 45.4 Å². The van der Waals surface area contributed by atoms with Gasteiger partial charge in [0.15, 0.2) is 0 Å². The van der Waals surface area contributed by atoms with Crippen LogP contribution in [0.3, 0.4) is 0 Å². The molecule has 0 spiro atoms. The first kappa shape index (κ1) is 13.8. The molecule has 2 heterocycles. The summed E-state index contributed by atoms with van der Waals surface area (Å²) in [5, 5.41) is 6.52. The highest BCUT2D eigenvalue weighted by molar-refractivity contribution is 5.81. The Balaban J connectivity index is 1.73. The minimum Gasteiger partial charge on any atom is -0.353 e. The number of likely N-dealkylation sites (N-methyl/N-ethyl adjacent to an activating group) is 1. The fraction of sp³-hybridized carbons (Fsp3) is 0.929. The van der Waals surface area contributed by atoms with Crippen molar-refractivity contribution in [3.8, 4) is 0 Å². The van der Waals surface area contributed by atoms with Gasteiger partial charge in [0, 0.05) is 18.6 Å². The summed E-state index contributed by atoms with van der Waals surface area (Å²) in [7, 11) is 2.16. The molecule has 1 amide bonds. The third-order valence-corrected chi connectivity index (χ3v) is 4.37. The topological polar surface area (TPSA) is 44.4 Å². The Bertz CT molecular complexity index is 282. The number of hydrogen-bond donors (Lipinski definition) is 2. The van der Waals surface area contributed by atoms with Crippen LogP contribution in [0.5, 0.6) is 0 Å². The van der Waals surface area contributed by atoms with E-state index in [0.29, 0.717) is 12.1 Å². The predicted octanol–water partition coefficient (Wildman–Crippen LogP) is 1.12. The fourth-order valence-corrected chi connectivity index (χ4v) is 3.09. The van der Waals surface area contributed by atoms with Gasteiger partial charge in [-0.15, -0.1) is 0 Å². The number of rotatable bonds is 3. The molecule has 0 aliphatic carbocycles. The third kappa shape index (κ3) is 3.69. The lowest BCUT2D eigenvalue weighted by Gasteiger charge is -2.33. The molecule has 0 saturated carbocycles. The molecule has 2 rings (SSSR count). The predicted molar refractivity (Wildman–Crippen MR) is 73.5 cm³/mol. The summed E-state index contributed by atoms with van der Waals surface area (Å²) in [4.78, 5) is 14.5. The maximum absolute atomic E-state index is 12.1. The average Bonchev–Trinajstić information content (AvgIpc) is 2.37. The zero-order chi connectivity index (χ0) is 13.0. The molecular formula is C14H27N3O. The van der Waals surface area contributed by atoms with E-state index < -0.39 is 0 Å². The molecule has 3 atom stereocenters. The van der Waals surface area contributed by atoms with Crippen LogP contribution in [0.25, 0.3) is 0 Å². The Morgan fingerprint density at radius 1 is 1.28 bits per heavy atom. The zero-order valence-corrected chi connectivity index (χ0v) is 11.7. The molecule has 0 aromatic heterocycles. The lowest BCUT2D eigenvalue weighted by atomic mass is 9.98. The first-order valence-corrected chi connectivity index (χ1v) is 7.41. The van der Waals surface area contributed by atoms with Crippen LogP contribution in [0.15, 0.2) is 0 Å². The second-order valence-electron chi connectivity index (χ2n) is 5.93. The first-order chi connectivity index (χ1) is 8.66. The van der Waals surface area contributed by atoms with Gasteiger partial charge in [0.1, 0.15) is 0 Å². The van der Waals surface area contributed by atoms with E-state index in [1.54, 1.807) is 0 Å². The van der Waals surface area contributed by atoms with Gasteiger partial charge in [0.25, 0.3) is 0 Å². The molecule has 4 heteroatoms. The number of piperidine rings is 2. The molecule has 4 nitrogen and oxygen atoms in total. The van der Waals surface area contributed by atoms with Crippen LogP contribution >= 0.6 is 0 Å². The van der Waals surface area contributed by atoms with Gasteiger partial charge in [0.2, 0.25) is 5.91 Å². The SMILES string of the molecule is CC1CCCC(C(=O)NCC2CCCCN2C)N1. The van der Waals surface area contributed by atoms with Crippen molar-refractivity contribution in [3.05, 3.63) is 0 Å². The fourth-order valence-electron chi connectivity index (χ4n) is 3.09. The Kier molecular flexibility index (Phi) is 5.01. The molecule has 0 aromatic carbocycles. The van der Waals surface area contributed by atoms with E-state index in [-0.39, 0.29) is 11.9 Å².